The molecule has 0 aliphatic heterocycles. The number of aromatic nitrogens is 2. The summed E-state index contributed by atoms with van der Waals surface area (Å²) >= 11 is 6.12. The highest BCUT2D eigenvalue weighted by Crippen LogP contribution is 2.26. The molecule has 0 radical (unpaired) electrons. The summed E-state index contributed by atoms with van der Waals surface area (Å²) in [6.07, 6.45) is -0.478. The number of halogens is 1. The second-order valence-corrected chi connectivity index (χ2v) is 6.29. The number of hydrogen-bond acceptors (Lipinski definition) is 5. The fraction of sp³-hybridized carbons (Fsp3) is 0.643. The highest BCUT2D eigenvalue weighted by Gasteiger charge is 2.21. The van der Waals surface area contributed by atoms with Gasteiger partial charge in [-0.2, -0.15) is 5.10 Å². The number of alkyl carbamates (subject to hydrolysis) is 1. The van der Waals surface area contributed by atoms with E-state index in [9.17, 15) is 4.79 Å². The van der Waals surface area contributed by atoms with Crippen LogP contribution in [0, 0.1) is 13.8 Å². The molecule has 0 aromatic carbocycles. The van der Waals surface area contributed by atoms with Crippen molar-refractivity contribution >= 4 is 17.7 Å². The van der Waals surface area contributed by atoms with Crippen LogP contribution in [0.2, 0.25) is 5.15 Å². The van der Waals surface area contributed by atoms with Crippen molar-refractivity contribution in [1.29, 1.82) is 0 Å². The molecule has 1 heterocycles. The van der Waals surface area contributed by atoms with Crippen LogP contribution in [0.4, 0.5) is 4.79 Å². The molecule has 1 aromatic heterocycles. The van der Waals surface area contributed by atoms with E-state index in [0.717, 1.165) is 16.8 Å². The van der Waals surface area contributed by atoms with Gasteiger partial charge in [0.25, 0.3) is 0 Å². The van der Waals surface area contributed by atoms with Gasteiger partial charge < -0.3 is 15.8 Å². The van der Waals surface area contributed by atoms with Crippen molar-refractivity contribution in [1.82, 2.24) is 15.5 Å². The van der Waals surface area contributed by atoms with Crippen molar-refractivity contribution in [3.05, 3.63) is 22.0 Å². The Bertz CT molecular complexity index is 514. The summed E-state index contributed by atoms with van der Waals surface area (Å²) in [7, 11) is 0. The summed E-state index contributed by atoms with van der Waals surface area (Å²) in [5.74, 6) is -0.140. The molecular formula is C14H23ClN4O2. The Morgan fingerprint density at radius 1 is 1.38 bits per heavy atom. The second-order valence-electron chi connectivity index (χ2n) is 5.93. The number of nitrogens with two attached hydrogens (primary N) is 1. The van der Waals surface area contributed by atoms with Crippen LogP contribution >= 0.6 is 11.6 Å². The number of amides is 1. The molecule has 0 saturated heterocycles. The van der Waals surface area contributed by atoms with Crippen LogP contribution in [-0.2, 0) is 4.74 Å². The van der Waals surface area contributed by atoms with E-state index in [0.29, 0.717) is 18.2 Å². The Hall–Kier alpha value is -1.40. The van der Waals surface area contributed by atoms with Crippen LogP contribution in [0.25, 0.3) is 0 Å². The molecule has 1 unspecified atom stereocenters. The van der Waals surface area contributed by atoms with Crippen LogP contribution in [0.3, 0.4) is 0 Å². The minimum Gasteiger partial charge on any atom is -0.444 e. The Labute approximate surface area is 130 Å². The van der Waals surface area contributed by atoms with Crippen molar-refractivity contribution < 1.29 is 9.53 Å². The Morgan fingerprint density at radius 3 is 2.52 bits per heavy atom. The number of hydrogen-bond donors (Lipinski definition) is 2. The lowest BCUT2D eigenvalue weighted by Gasteiger charge is -2.22. The van der Waals surface area contributed by atoms with E-state index in [1.54, 1.807) is 0 Å². The summed E-state index contributed by atoms with van der Waals surface area (Å²) in [6.45, 7) is 9.87. The van der Waals surface area contributed by atoms with E-state index in [4.69, 9.17) is 22.1 Å². The molecule has 1 amide bonds. The SMILES string of the molecule is Cc1nnc(Cl)c(C(CN)CNC(=O)OC(C)(C)C)c1C. The van der Waals surface area contributed by atoms with E-state index in [1.165, 1.54) is 0 Å². The fourth-order valence-corrected chi connectivity index (χ4v) is 2.23. The minimum absolute atomic E-state index is 0.140. The summed E-state index contributed by atoms with van der Waals surface area (Å²) in [5, 5.41) is 10.9. The molecule has 1 atom stereocenters. The maximum Gasteiger partial charge on any atom is 0.407 e. The number of carbonyl (C=O) groups excluding carboxylic acids is 1. The third-order valence-electron chi connectivity index (χ3n) is 3.04. The predicted molar refractivity (Wildman–Crippen MR) is 82.5 cm³/mol. The molecular weight excluding hydrogens is 292 g/mol. The zero-order valence-corrected chi connectivity index (χ0v) is 13.9. The number of carbonyl (C=O) groups is 1. The highest BCUT2D eigenvalue weighted by molar-refractivity contribution is 6.30. The molecule has 0 fully saturated rings. The van der Waals surface area contributed by atoms with Crippen molar-refractivity contribution in [2.75, 3.05) is 13.1 Å². The van der Waals surface area contributed by atoms with Gasteiger partial charge in [-0.25, -0.2) is 4.79 Å². The zero-order valence-electron chi connectivity index (χ0n) is 13.2. The number of nitrogens with zero attached hydrogens (tertiary/aromatic N) is 2. The third-order valence-corrected chi connectivity index (χ3v) is 3.32. The lowest BCUT2D eigenvalue weighted by molar-refractivity contribution is 0.0525. The molecule has 6 nitrogen and oxygen atoms in total. The Kier molecular flexibility index (Phi) is 5.92. The van der Waals surface area contributed by atoms with Crippen LogP contribution in [0.5, 0.6) is 0 Å². The van der Waals surface area contributed by atoms with Gasteiger partial charge in [-0.05, 0) is 40.2 Å². The average molecular weight is 315 g/mol. The second kappa shape index (κ2) is 7.04. The molecule has 1 aromatic rings. The highest BCUT2D eigenvalue weighted by atomic mass is 35.5. The van der Waals surface area contributed by atoms with E-state index in [2.05, 4.69) is 15.5 Å². The maximum atomic E-state index is 11.7. The largest absolute Gasteiger partial charge is 0.444 e. The molecule has 7 heteroatoms. The van der Waals surface area contributed by atoms with Crippen LogP contribution < -0.4 is 11.1 Å². The molecule has 1 rings (SSSR count). The van der Waals surface area contributed by atoms with E-state index >= 15 is 0 Å². The van der Waals surface area contributed by atoms with Gasteiger partial charge in [0.2, 0.25) is 0 Å². The first-order chi connectivity index (χ1) is 9.65. The fourth-order valence-electron chi connectivity index (χ4n) is 1.90. The lowest BCUT2D eigenvalue weighted by atomic mass is 9.96. The summed E-state index contributed by atoms with van der Waals surface area (Å²) in [4.78, 5) is 11.7. The van der Waals surface area contributed by atoms with Crippen molar-refractivity contribution in [3.8, 4) is 0 Å². The number of nitrogens with one attached hydrogen (secondary N) is 1. The predicted octanol–water partition coefficient (Wildman–Crippen LogP) is 2.31. The first kappa shape index (κ1) is 17.7. The molecule has 0 spiro atoms. The number of aryl methyl sites for hydroxylation is 1. The standard InChI is InChI=1S/C14H23ClN4O2/c1-8-9(2)18-19-12(15)11(8)10(6-16)7-17-13(20)21-14(3,4)5/h10H,6-7,16H2,1-5H3,(H,17,20). The van der Waals surface area contributed by atoms with Crippen molar-refractivity contribution in [2.24, 2.45) is 5.73 Å². The number of rotatable bonds is 4. The van der Waals surface area contributed by atoms with Gasteiger partial charge in [0.15, 0.2) is 5.15 Å². The van der Waals surface area contributed by atoms with Crippen molar-refractivity contribution in [2.45, 2.75) is 46.1 Å². The first-order valence-electron chi connectivity index (χ1n) is 6.82. The molecule has 3 N–H and O–H groups in total. The normalized spacial score (nSPS) is 12.9. The lowest BCUT2D eigenvalue weighted by Crippen LogP contribution is -2.36. The van der Waals surface area contributed by atoms with E-state index < -0.39 is 11.7 Å². The summed E-state index contributed by atoms with van der Waals surface area (Å²) < 4.78 is 5.20. The van der Waals surface area contributed by atoms with Gasteiger partial charge in [-0.15, -0.1) is 5.10 Å². The van der Waals surface area contributed by atoms with Crippen LogP contribution in [0.1, 0.15) is 43.5 Å². The molecule has 21 heavy (non-hydrogen) atoms. The minimum atomic E-state index is -0.537. The number of ether oxygens (including phenoxy) is 1. The van der Waals surface area contributed by atoms with Gasteiger partial charge in [-0.1, -0.05) is 11.6 Å². The average Bonchev–Trinajstić information content (AvgIpc) is 2.36. The molecule has 0 aliphatic rings. The van der Waals surface area contributed by atoms with Gasteiger partial charge >= 0.3 is 6.09 Å². The summed E-state index contributed by atoms with van der Waals surface area (Å²) in [5.41, 5.74) is 7.83. The van der Waals surface area contributed by atoms with Crippen LogP contribution in [-0.4, -0.2) is 35.0 Å². The third kappa shape index (κ3) is 5.13. The van der Waals surface area contributed by atoms with Crippen LogP contribution in [0.15, 0.2) is 0 Å². The molecule has 0 aliphatic carbocycles. The molecule has 118 valence electrons. The summed E-state index contributed by atoms with van der Waals surface area (Å²) in [6, 6.07) is 0. The van der Waals surface area contributed by atoms with Gasteiger partial charge in [0.1, 0.15) is 5.60 Å². The Balaban J connectivity index is 2.81. The molecule has 0 bridgehead atoms. The molecule has 0 saturated carbocycles. The topological polar surface area (TPSA) is 90.1 Å². The van der Waals surface area contributed by atoms with E-state index in [1.807, 2.05) is 34.6 Å². The maximum absolute atomic E-state index is 11.7. The van der Waals surface area contributed by atoms with Crippen molar-refractivity contribution in [3.63, 3.8) is 0 Å². The van der Waals surface area contributed by atoms with E-state index in [-0.39, 0.29) is 5.92 Å². The van der Waals surface area contributed by atoms with Gasteiger partial charge in [-0.3, -0.25) is 0 Å². The Morgan fingerprint density at radius 2 is 2.00 bits per heavy atom. The quantitative estimate of drug-likeness (QED) is 0.890. The zero-order chi connectivity index (χ0) is 16.2. The monoisotopic (exact) mass is 314 g/mol. The smallest absolute Gasteiger partial charge is 0.407 e. The van der Waals surface area contributed by atoms with Gasteiger partial charge in [0.05, 0.1) is 5.69 Å². The first-order valence-corrected chi connectivity index (χ1v) is 7.19. The van der Waals surface area contributed by atoms with Gasteiger partial charge in [0, 0.05) is 24.6 Å².